The molecule has 33 heavy (non-hydrogen) atoms. The number of hydrogen-bond donors (Lipinski definition) is 2. The molecule has 0 aliphatic heterocycles. The maximum atomic E-state index is 14.1. The molecular formula is C22H23F5N2O3S. The Morgan fingerprint density at radius 1 is 1.00 bits per heavy atom. The number of benzene rings is 2. The summed E-state index contributed by atoms with van der Waals surface area (Å²) in [5.74, 6) is -2.42. The molecule has 180 valence electrons. The van der Waals surface area contributed by atoms with Crippen molar-refractivity contribution in [2.24, 2.45) is 5.92 Å². The molecule has 1 saturated carbocycles. The van der Waals surface area contributed by atoms with Gasteiger partial charge in [-0.2, -0.15) is 13.2 Å². The van der Waals surface area contributed by atoms with E-state index in [0.717, 1.165) is 5.56 Å². The Labute approximate surface area is 188 Å². The SMILES string of the molecule is C[C@@H](NC(=O)C1CCC(NS(=O)(=O)c2ccc(C(F)(F)F)cc2F)CC1)c1ccc(F)cc1. The topological polar surface area (TPSA) is 75.3 Å². The first kappa shape index (κ1) is 25.1. The first-order valence-corrected chi connectivity index (χ1v) is 11.8. The quantitative estimate of drug-likeness (QED) is 0.577. The number of rotatable bonds is 6. The van der Waals surface area contributed by atoms with E-state index in [2.05, 4.69) is 10.0 Å². The molecule has 0 saturated heterocycles. The van der Waals surface area contributed by atoms with Gasteiger partial charge in [0, 0.05) is 12.0 Å². The molecule has 1 atom stereocenters. The van der Waals surface area contributed by atoms with Crippen LogP contribution in [0.5, 0.6) is 0 Å². The van der Waals surface area contributed by atoms with Gasteiger partial charge in [-0.25, -0.2) is 21.9 Å². The molecule has 1 aliphatic carbocycles. The van der Waals surface area contributed by atoms with Crippen molar-refractivity contribution in [3.05, 3.63) is 65.2 Å². The molecule has 0 unspecified atom stereocenters. The van der Waals surface area contributed by atoms with Crippen LogP contribution >= 0.6 is 0 Å². The van der Waals surface area contributed by atoms with E-state index < -0.39 is 38.5 Å². The van der Waals surface area contributed by atoms with Crippen molar-refractivity contribution in [1.29, 1.82) is 0 Å². The molecule has 0 bridgehead atoms. The molecule has 2 aromatic rings. The van der Waals surface area contributed by atoms with E-state index in [0.29, 0.717) is 37.8 Å². The Balaban J connectivity index is 1.56. The van der Waals surface area contributed by atoms with Crippen molar-refractivity contribution in [2.75, 3.05) is 0 Å². The number of carbonyl (C=O) groups excluding carboxylic acids is 1. The summed E-state index contributed by atoms with van der Waals surface area (Å²) in [6, 6.07) is 6.10. The minimum Gasteiger partial charge on any atom is -0.349 e. The predicted molar refractivity (Wildman–Crippen MR) is 110 cm³/mol. The van der Waals surface area contributed by atoms with Crippen LogP contribution in [0.2, 0.25) is 0 Å². The lowest BCUT2D eigenvalue weighted by Gasteiger charge is -2.29. The standard InChI is InChI=1S/C22H23F5N2O3S/c1-13(14-2-7-17(23)8-3-14)28-21(30)15-4-9-18(10-5-15)29-33(31,32)20-11-6-16(12-19(20)24)22(25,26)27/h2-3,6-8,11-13,15,18,29H,4-5,9-10H2,1H3,(H,28,30)/t13-,15?,18?/m1/s1. The number of amides is 1. The highest BCUT2D eigenvalue weighted by Gasteiger charge is 2.34. The monoisotopic (exact) mass is 490 g/mol. The summed E-state index contributed by atoms with van der Waals surface area (Å²) in [6.45, 7) is 1.77. The fourth-order valence-electron chi connectivity index (χ4n) is 3.82. The van der Waals surface area contributed by atoms with Crippen molar-refractivity contribution >= 4 is 15.9 Å². The smallest absolute Gasteiger partial charge is 0.349 e. The molecule has 0 aromatic heterocycles. The summed E-state index contributed by atoms with van der Waals surface area (Å²) in [6.07, 6.45) is -3.41. The second-order valence-corrected chi connectivity index (χ2v) is 9.78. The van der Waals surface area contributed by atoms with Gasteiger partial charge in [0.1, 0.15) is 16.5 Å². The average Bonchev–Trinajstić information content (AvgIpc) is 2.73. The van der Waals surface area contributed by atoms with Crippen molar-refractivity contribution in [1.82, 2.24) is 10.0 Å². The Morgan fingerprint density at radius 3 is 2.15 bits per heavy atom. The van der Waals surface area contributed by atoms with Crippen LogP contribution in [0.15, 0.2) is 47.4 Å². The minimum absolute atomic E-state index is 0.151. The van der Waals surface area contributed by atoms with Gasteiger partial charge in [-0.05, 0) is 68.5 Å². The summed E-state index contributed by atoms with van der Waals surface area (Å²) in [5.41, 5.74) is -0.537. The van der Waals surface area contributed by atoms with Crippen LogP contribution < -0.4 is 10.0 Å². The summed E-state index contributed by atoms with van der Waals surface area (Å²) in [4.78, 5) is 11.7. The lowest BCUT2D eigenvalue weighted by Crippen LogP contribution is -2.41. The van der Waals surface area contributed by atoms with Gasteiger partial charge in [-0.15, -0.1) is 0 Å². The zero-order valence-corrected chi connectivity index (χ0v) is 18.4. The Bertz CT molecular complexity index is 1100. The highest BCUT2D eigenvalue weighted by atomic mass is 32.2. The Kier molecular flexibility index (Phi) is 7.42. The normalized spacial score (nSPS) is 20.3. The average molecular weight is 490 g/mol. The predicted octanol–water partition coefficient (Wildman–Crippen LogP) is 4.70. The van der Waals surface area contributed by atoms with Gasteiger partial charge in [-0.1, -0.05) is 12.1 Å². The summed E-state index contributed by atoms with van der Waals surface area (Å²) in [7, 11) is -4.37. The van der Waals surface area contributed by atoms with Gasteiger partial charge in [0.05, 0.1) is 11.6 Å². The summed E-state index contributed by atoms with van der Waals surface area (Å²) in [5, 5.41) is 2.86. The lowest BCUT2D eigenvalue weighted by molar-refractivity contribution is -0.137. The molecule has 1 aliphatic rings. The third-order valence-corrected chi connectivity index (χ3v) is 7.25. The van der Waals surface area contributed by atoms with Crippen LogP contribution in [0.4, 0.5) is 22.0 Å². The molecule has 1 fully saturated rings. The number of sulfonamides is 1. The molecule has 1 amide bonds. The van der Waals surface area contributed by atoms with Crippen LogP contribution in [0.3, 0.4) is 0 Å². The maximum absolute atomic E-state index is 14.1. The van der Waals surface area contributed by atoms with Crippen molar-refractivity contribution in [3.8, 4) is 0 Å². The molecule has 11 heteroatoms. The highest BCUT2D eigenvalue weighted by Crippen LogP contribution is 2.32. The molecule has 0 spiro atoms. The van der Waals surface area contributed by atoms with Crippen molar-refractivity contribution < 1.29 is 35.2 Å². The number of hydrogen-bond acceptors (Lipinski definition) is 3. The van der Waals surface area contributed by atoms with Crippen molar-refractivity contribution in [3.63, 3.8) is 0 Å². The van der Waals surface area contributed by atoms with Crippen LogP contribution in [0.25, 0.3) is 0 Å². The molecular weight excluding hydrogens is 467 g/mol. The number of alkyl halides is 3. The molecule has 5 nitrogen and oxygen atoms in total. The Hall–Kier alpha value is -2.53. The highest BCUT2D eigenvalue weighted by molar-refractivity contribution is 7.89. The van der Waals surface area contributed by atoms with E-state index >= 15 is 0 Å². The van der Waals surface area contributed by atoms with E-state index in [9.17, 15) is 35.2 Å². The second kappa shape index (κ2) is 9.76. The molecule has 3 rings (SSSR count). The van der Waals surface area contributed by atoms with Gasteiger partial charge >= 0.3 is 6.18 Å². The summed E-state index contributed by atoms with van der Waals surface area (Å²) >= 11 is 0. The second-order valence-electron chi connectivity index (χ2n) is 8.09. The lowest BCUT2D eigenvalue weighted by atomic mass is 9.85. The van der Waals surface area contributed by atoms with Crippen LogP contribution in [0.1, 0.15) is 49.8 Å². The van der Waals surface area contributed by atoms with E-state index in [1.165, 1.54) is 12.1 Å². The maximum Gasteiger partial charge on any atom is 0.416 e. The zero-order valence-electron chi connectivity index (χ0n) is 17.6. The van der Waals surface area contributed by atoms with Gasteiger partial charge in [0.15, 0.2) is 0 Å². The number of nitrogens with one attached hydrogen (secondary N) is 2. The fraction of sp³-hybridized carbons (Fsp3) is 0.409. The molecule has 0 radical (unpaired) electrons. The molecule has 2 N–H and O–H groups in total. The third-order valence-electron chi connectivity index (χ3n) is 5.70. The van der Waals surface area contributed by atoms with Gasteiger partial charge in [0.25, 0.3) is 0 Å². The van der Waals surface area contributed by atoms with Crippen molar-refractivity contribution in [2.45, 2.75) is 55.8 Å². The van der Waals surface area contributed by atoms with E-state index in [4.69, 9.17) is 0 Å². The van der Waals surface area contributed by atoms with E-state index in [1.54, 1.807) is 19.1 Å². The number of halogens is 5. The number of carbonyl (C=O) groups is 1. The van der Waals surface area contributed by atoms with E-state index in [1.807, 2.05) is 0 Å². The van der Waals surface area contributed by atoms with Crippen LogP contribution in [-0.2, 0) is 21.0 Å². The van der Waals surface area contributed by atoms with Gasteiger partial charge in [0.2, 0.25) is 15.9 Å². The van der Waals surface area contributed by atoms with E-state index in [-0.39, 0.29) is 29.8 Å². The van der Waals surface area contributed by atoms with Gasteiger partial charge in [-0.3, -0.25) is 4.79 Å². The Morgan fingerprint density at radius 2 is 1.61 bits per heavy atom. The molecule has 0 heterocycles. The first-order chi connectivity index (χ1) is 15.4. The molecule has 2 aromatic carbocycles. The first-order valence-electron chi connectivity index (χ1n) is 10.3. The minimum atomic E-state index is -4.79. The fourth-order valence-corrected chi connectivity index (χ4v) is 5.18. The van der Waals surface area contributed by atoms with Gasteiger partial charge < -0.3 is 5.32 Å². The zero-order chi connectivity index (χ0) is 24.4. The third kappa shape index (κ3) is 6.29. The van der Waals surface area contributed by atoms with Crippen LogP contribution in [-0.4, -0.2) is 20.4 Å². The summed E-state index contributed by atoms with van der Waals surface area (Å²) < 4.78 is 92.5. The van der Waals surface area contributed by atoms with Crippen LogP contribution in [0, 0.1) is 17.6 Å². The largest absolute Gasteiger partial charge is 0.416 e.